The van der Waals surface area contributed by atoms with Crippen LogP contribution in [-0.2, 0) is 38.5 Å². The Kier molecular flexibility index (Phi) is 23.3. The molecule has 0 spiro atoms. The molecule has 4 aromatic rings. The van der Waals surface area contributed by atoms with Gasteiger partial charge in [0.2, 0.25) is 0 Å². The van der Waals surface area contributed by atoms with Crippen LogP contribution in [0.2, 0.25) is 0 Å². The first-order chi connectivity index (χ1) is 28.0. The van der Waals surface area contributed by atoms with Crippen LogP contribution in [0.15, 0.2) is 84.9 Å². The van der Waals surface area contributed by atoms with E-state index in [1.54, 1.807) is 11.1 Å². The number of nitrogen functional groups attached to an aromatic ring is 2. The molecule has 0 aromatic heterocycles. The topological polar surface area (TPSA) is 52.0 Å². The maximum atomic E-state index is 5.95. The largest absolute Gasteiger partial charge is 0.399 e. The fraction of sp³-hybridized carbons (Fsp3) is 0.564. The van der Waals surface area contributed by atoms with E-state index in [0.29, 0.717) is 0 Å². The van der Waals surface area contributed by atoms with Gasteiger partial charge in [-0.05, 0) is 133 Å². The predicted molar refractivity (Wildman–Crippen MR) is 253 cm³/mol. The van der Waals surface area contributed by atoms with Gasteiger partial charge in [-0.1, -0.05) is 197 Å². The van der Waals surface area contributed by atoms with Gasteiger partial charge in [0.1, 0.15) is 0 Å². The molecule has 57 heavy (non-hydrogen) atoms. The summed E-state index contributed by atoms with van der Waals surface area (Å²) in [6.45, 7) is 4.60. The molecular weight excluding hydrogens is 689 g/mol. The van der Waals surface area contributed by atoms with E-state index in [1.807, 2.05) is 24.3 Å². The second-order valence-corrected chi connectivity index (χ2v) is 17.5. The van der Waals surface area contributed by atoms with Crippen molar-refractivity contribution in [2.45, 2.75) is 200 Å². The molecule has 0 aliphatic carbocycles. The van der Waals surface area contributed by atoms with E-state index in [1.165, 1.54) is 207 Å². The van der Waals surface area contributed by atoms with E-state index in [9.17, 15) is 0 Å². The molecule has 4 rings (SSSR count). The first-order valence-corrected chi connectivity index (χ1v) is 23.9. The minimum absolute atomic E-state index is 0.847. The standard InChI is InChI=1S/C55H82N2/c1-3-5-7-18-24-28-50-42-46(30-36-52(50)44-48-32-38-54(56)39-33-48)26-22-20-16-14-12-10-9-11-13-15-17-21-23-27-47-31-37-53(45-49-34-40-55(57)41-35-49)51(43-47)29-25-19-8-6-4-2/h30-43H,3-29,44-45,56-57H2,1-2H3. The average molecular weight is 771 g/mol. The Morgan fingerprint density at radius 2 is 0.561 bits per heavy atom. The number of aryl methyl sites for hydroxylation is 4. The minimum Gasteiger partial charge on any atom is -0.399 e. The Bertz CT molecular complexity index is 1480. The molecule has 0 aliphatic heterocycles. The minimum atomic E-state index is 0.847. The van der Waals surface area contributed by atoms with Gasteiger partial charge in [0, 0.05) is 11.4 Å². The van der Waals surface area contributed by atoms with E-state index in [4.69, 9.17) is 11.5 Å². The van der Waals surface area contributed by atoms with E-state index >= 15 is 0 Å². The lowest BCUT2D eigenvalue weighted by atomic mass is 9.92. The van der Waals surface area contributed by atoms with Crippen molar-refractivity contribution in [3.8, 4) is 0 Å². The molecule has 0 radical (unpaired) electrons. The predicted octanol–water partition coefficient (Wildman–Crippen LogP) is 15.9. The summed E-state index contributed by atoms with van der Waals surface area (Å²) in [5, 5.41) is 0. The molecule has 4 N–H and O–H groups in total. The lowest BCUT2D eigenvalue weighted by Gasteiger charge is -2.13. The van der Waals surface area contributed by atoms with Crippen molar-refractivity contribution in [1.82, 2.24) is 0 Å². The van der Waals surface area contributed by atoms with Crippen molar-refractivity contribution < 1.29 is 0 Å². The third-order valence-electron chi connectivity index (χ3n) is 12.3. The van der Waals surface area contributed by atoms with Crippen LogP contribution in [0.1, 0.15) is 206 Å². The van der Waals surface area contributed by atoms with Crippen LogP contribution in [0.5, 0.6) is 0 Å². The normalized spacial score (nSPS) is 11.4. The number of hydrogen-bond acceptors (Lipinski definition) is 2. The molecule has 0 bridgehead atoms. The fourth-order valence-corrected chi connectivity index (χ4v) is 8.63. The van der Waals surface area contributed by atoms with Gasteiger partial charge in [-0.2, -0.15) is 0 Å². The second kappa shape index (κ2) is 28.8. The molecule has 0 heterocycles. The molecule has 0 amide bonds. The van der Waals surface area contributed by atoms with Crippen LogP contribution >= 0.6 is 0 Å². The van der Waals surface area contributed by atoms with E-state index < -0.39 is 0 Å². The zero-order chi connectivity index (χ0) is 40.2. The maximum Gasteiger partial charge on any atom is 0.0314 e. The molecular formula is C55H82N2. The molecule has 2 nitrogen and oxygen atoms in total. The van der Waals surface area contributed by atoms with Gasteiger partial charge in [0.05, 0.1) is 0 Å². The quantitative estimate of drug-likeness (QED) is 0.0384. The Hall–Kier alpha value is -3.52. The summed E-state index contributed by atoms with van der Waals surface area (Å²) in [5.74, 6) is 0. The molecule has 0 saturated heterocycles. The van der Waals surface area contributed by atoms with Gasteiger partial charge in [0.15, 0.2) is 0 Å². The molecule has 0 saturated carbocycles. The number of hydrogen-bond donors (Lipinski definition) is 2. The van der Waals surface area contributed by atoms with Gasteiger partial charge in [-0.3, -0.25) is 0 Å². The highest BCUT2D eigenvalue weighted by Crippen LogP contribution is 2.24. The monoisotopic (exact) mass is 771 g/mol. The zero-order valence-electron chi connectivity index (χ0n) is 36.7. The third-order valence-corrected chi connectivity index (χ3v) is 12.3. The summed E-state index contributed by atoms with van der Waals surface area (Å²) in [6.07, 6.45) is 38.4. The Labute approximate surface area is 351 Å². The maximum absolute atomic E-state index is 5.95. The van der Waals surface area contributed by atoms with Crippen LogP contribution < -0.4 is 11.5 Å². The number of unbranched alkanes of at least 4 members (excludes halogenated alkanes) is 20. The fourth-order valence-electron chi connectivity index (χ4n) is 8.63. The van der Waals surface area contributed by atoms with Crippen molar-refractivity contribution in [2.75, 3.05) is 11.5 Å². The number of benzene rings is 4. The first kappa shape index (κ1) is 46.2. The summed E-state index contributed by atoms with van der Waals surface area (Å²) < 4.78 is 0. The van der Waals surface area contributed by atoms with Crippen molar-refractivity contribution in [1.29, 1.82) is 0 Å². The summed E-state index contributed by atoms with van der Waals surface area (Å²) in [6, 6.07) is 31.6. The summed E-state index contributed by atoms with van der Waals surface area (Å²) in [5.41, 5.74) is 25.5. The van der Waals surface area contributed by atoms with Crippen molar-refractivity contribution in [2.24, 2.45) is 0 Å². The van der Waals surface area contributed by atoms with Gasteiger partial charge >= 0.3 is 0 Å². The SMILES string of the molecule is CCCCCCCc1cc(CCCCCCCCCCCCCCCc2ccc(Cc3ccc(N)cc3)c(CCCCCCC)c2)ccc1Cc1ccc(N)cc1. The highest BCUT2D eigenvalue weighted by molar-refractivity contribution is 5.43. The Morgan fingerprint density at radius 3 is 0.895 bits per heavy atom. The Balaban J connectivity index is 1.04. The molecule has 0 unspecified atom stereocenters. The van der Waals surface area contributed by atoms with Crippen LogP contribution in [-0.4, -0.2) is 0 Å². The zero-order valence-corrected chi connectivity index (χ0v) is 36.7. The van der Waals surface area contributed by atoms with E-state index in [0.717, 1.165) is 24.2 Å². The van der Waals surface area contributed by atoms with Gasteiger partial charge in [-0.15, -0.1) is 0 Å². The highest BCUT2D eigenvalue weighted by Gasteiger charge is 2.09. The lowest BCUT2D eigenvalue weighted by molar-refractivity contribution is 0.536. The molecule has 0 aliphatic rings. The van der Waals surface area contributed by atoms with E-state index in [2.05, 4.69) is 74.5 Å². The van der Waals surface area contributed by atoms with Gasteiger partial charge in [-0.25, -0.2) is 0 Å². The van der Waals surface area contributed by atoms with Crippen molar-refractivity contribution in [3.63, 3.8) is 0 Å². The van der Waals surface area contributed by atoms with Gasteiger partial charge in [0.25, 0.3) is 0 Å². The second-order valence-electron chi connectivity index (χ2n) is 17.5. The molecule has 4 aromatic carbocycles. The summed E-state index contributed by atoms with van der Waals surface area (Å²) >= 11 is 0. The number of anilines is 2. The van der Waals surface area contributed by atoms with Gasteiger partial charge < -0.3 is 11.5 Å². The van der Waals surface area contributed by atoms with Crippen LogP contribution in [0.4, 0.5) is 11.4 Å². The van der Waals surface area contributed by atoms with Crippen molar-refractivity contribution >= 4 is 11.4 Å². The van der Waals surface area contributed by atoms with E-state index in [-0.39, 0.29) is 0 Å². The third kappa shape index (κ3) is 19.7. The molecule has 2 heteroatoms. The van der Waals surface area contributed by atoms with Crippen LogP contribution in [0.25, 0.3) is 0 Å². The average Bonchev–Trinajstić information content (AvgIpc) is 3.22. The summed E-state index contributed by atoms with van der Waals surface area (Å²) in [4.78, 5) is 0. The van der Waals surface area contributed by atoms with Crippen molar-refractivity contribution in [3.05, 3.63) is 129 Å². The number of rotatable bonds is 32. The Morgan fingerprint density at radius 1 is 0.281 bits per heavy atom. The molecule has 0 fully saturated rings. The molecule has 0 atom stereocenters. The smallest absolute Gasteiger partial charge is 0.0314 e. The summed E-state index contributed by atoms with van der Waals surface area (Å²) in [7, 11) is 0. The van der Waals surface area contributed by atoms with Crippen LogP contribution in [0, 0.1) is 0 Å². The molecule has 312 valence electrons. The highest BCUT2D eigenvalue weighted by atomic mass is 14.5. The van der Waals surface area contributed by atoms with Crippen LogP contribution in [0.3, 0.4) is 0 Å². The first-order valence-electron chi connectivity index (χ1n) is 23.9. The number of nitrogens with two attached hydrogens (primary N) is 2. The lowest BCUT2D eigenvalue weighted by Crippen LogP contribution is -1.99.